The van der Waals surface area contributed by atoms with Gasteiger partial charge in [-0.05, 0) is 19.8 Å². The number of nitrogens with one attached hydrogen (secondary N) is 1. The molecule has 1 aliphatic heterocycles. The molecule has 0 aliphatic carbocycles. The molecule has 2 aromatic rings. The number of hydrogen-bond donors (Lipinski definition) is 1. The van der Waals surface area contributed by atoms with E-state index in [1.165, 1.54) is 15.2 Å². The van der Waals surface area contributed by atoms with Crippen LogP contribution in [0.15, 0.2) is 29.7 Å². The smallest absolute Gasteiger partial charge is 0.246 e. The summed E-state index contributed by atoms with van der Waals surface area (Å²) in [6.07, 6.45) is 8.30. The van der Waals surface area contributed by atoms with Crippen LogP contribution in [0.3, 0.4) is 0 Å². The lowest BCUT2D eigenvalue weighted by molar-refractivity contribution is -0.126. The molecule has 0 unspecified atom stereocenters. The molecule has 3 rings (SSSR count). The van der Waals surface area contributed by atoms with Gasteiger partial charge in [0.25, 0.3) is 0 Å². The van der Waals surface area contributed by atoms with Crippen LogP contribution in [0.4, 0.5) is 0 Å². The first-order valence-electron chi connectivity index (χ1n) is 8.91. The van der Waals surface area contributed by atoms with Gasteiger partial charge in [0, 0.05) is 57.9 Å². The largest absolute Gasteiger partial charge is 0.355 e. The Morgan fingerprint density at radius 1 is 1.37 bits per heavy atom. The number of sulfonamides is 1. The lowest BCUT2D eigenvalue weighted by atomic mass is 9.99. The second-order valence-corrected chi connectivity index (χ2v) is 8.60. The molecule has 0 radical (unpaired) electrons. The topological polar surface area (TPSA) is 110 Å². The summed E-state index contributed by atoms with van der Waals surface area (Å²) in [6, 6.07) is 0. The van der Waals surface area contributed by atoms with E-state index in [0.717, 1.165) is 5.69 Å². The lowest BCUT2D eigenvalue weighted by Crippen LogP contribution is -2.45. The first-order valence-corrected chi connectivity index (χ1v) is 10.3. The normalized spacial score (nSPS) is 18.4. The Labute approximate surface area is 158 Å². The molecular formula is C17H24N6O3S. The monoisotopic (exact) mass is 392 g/mol. The highest BCUT2D eigenvalue weighted by Gasteiger charge is 2.34. The number of carbonyl (C=O) groups is 1. The number of nitrogens with zero attached hydrogens (tertiary/aromatic N) is 5. The number of aromatic nitrogens is 4. The van der Waals surface area contributed by atoms with Crippen molar-refractivity contribution < 1.29 is 13.2 Å². The summed E-state index contributed by atoms with van der Waals surface area (Å²) in [6.45, 7) is 2.73. The first-order chi connectivity index (χ1) is 12.9. The number of hydrogen-bond acceptors (Lipinski definition) is 6. The van der Waals surface area contributed by atoms with Crippen LogP contribution in [-0.4, -0.2) is 58.0 Å². The van der Waals surface area contributed by atoms with Crippen LogP contribution in [0.25, 0.3) is 0 Å². The number of carbonyl (C=O) groups excluding carboxylic acids is 1. The zero-order valence-electron chi connectivity index (χ0n) is 15.5. The van der Waals surface area contributed by atoms with E-state index < -0.39 is 10.0 Å². The van der Waals surface area contributed by atoms with Crippen LogP contribution in [0, 0.1) is 12.8 Å². The maximum Gasteiger partial charge on any atom is 0.246 e. The predicted octanol–water partition coefficient (Wildman–Crippen LogP) is 0.278. The highest BCUT2D eigenvalue weighted by Crippen LogP contribution is 2.25. The van der Waals surface area contributed by atoms with Crippen LogP contribution in [-0.2, 0) is 28.3 Å². The fraction of sp³-hybridized carbons (Fsp3) is 0.529. The Bertz CT molecular complexity index is 897. The van der Waals surface area contributed by atoms with Crippen molar-refractivity contribution in [2.75, 3.05) is 19.6 Å². The summed E-state index contributed by atoms with van der Waals surface area (Å²) < 4.78 is 28.7. The van der Waals surface area contributed by atoms with E-state index in [-0.39, 0.29) is 23.3 Å². The van der Waals surface area contributed by atoms with Crippen molar-refractivity contribution in [3.8, 4) is 0 Å². The van der Waals surface area contributed by atoms with Crippen LogP contribution < -0.4 is 5.32 Å². The Morgan fingerprint density at radius 3 is 2.85 bits per heavy atom. The van der Waals surface area contributed by atoms with Gasteiger partial charge in [0.05, 0.1) is 17.3 Å². The predicted molar refractivity (Wildman–Crippen MR) is 98.2 cm³/mol. The van der Waals surface area contributed by atoms with Crippen LogP contribution in [0.2, 0.25) is 0 Å². The Balaban J connectivity index is 1.60. The molecule has 27 heavy (non-hydrogen) atoms. The summed E-state index contributed by atoms with van der Waals surface area (Å²) in [7, 11) is -1.96. The molecule has 10 heteroatoms. The Kier molecular flexibility index (Phi) is 5.85. The van der Waals surface area contributed by atoms with Gasteiger partial charge in [0.1, 0.15) is 4.90 Å². The molecule has 2 aromatic heterocycles. The van der Waals surface area contributed by atoms with Gasteiger partial charge in [0.15, 0.2) is 0 Å². The van der Waals surface area contributed by atoms with Crippen LogP contribution in [0.1, 0.15) is 24.2 Å². The van der Waals surface area contributed by atoms with E-state index >= 15 is 0 Å². The van der Waals surface area contributed by atoms with Gasteiger partial charge < -0.3 is 5.32 Å². The fourth-order valence-corrected chi connectivity index (χ4v) is 4.99. The molecule has 1 N–H and O–H groups in total. The van der Waals surface area contributed by atoms with Crippen molar-refractivity contribution in [3.63, 3.8) is 0 Å². The number of piperidine rings is 1. The highest BCUT2D eigenvalue weighted by molar-refractivity contribution is 7.89. The molecule has 146 valence electrons. The summed E-state index contributed by atoms with van der Waals surface area (Å²) in [5.74, 6) is -0.478. The lowest BCUT2D eigenvalue weighted by Gasteiger charge is -2.31. The number of aryl methyl sites for hydroxylation is 2. The molecule has 1 fully saturated rings. The minimum atomic E-state index is -3.65. The number of rotatable bonds is 6. The molecule has 1 atom stereocenters. The molecule has 3 heterocycles. The quantitative estimate of drug-likeness (QED) is 0.756. The van der Waals surface area contributed by atoms with Crippen molar-refractivity contribution in [1.82, 2.24) is 29.4 Å². The highest BCUT2D eigenvalue weighted by atomic mass is 32.2. The maximum absolute atomic E-state index is 12.9. The van der Waals surface area contributed by atoms with E-state index in [1.54, 1.807) is 32.6 Å². The van der Waals surface area contributed by atoms with Crippen molar-refractivity contribution in [3.05, 3.63) is 36.2 Å². The van der Waals surface area contributed by atoms with Gasteiger partial charge in [0.2, 0.25) is 15.9 Å². The fourth-order valence-electron chi connectivity index (χ4n) is 3.26. The molecule has 0 aromatic carbocycles. The first kappa shape index (κ1) is 19.4. The average Bonchev–Trinajstić information content (AvgIpc) is 3.01. The third-order valence-corrected chi connectivity index (χ3v) is 6.61. The van der Waals surface area contributed by atoms with Gasteiger partial charge in [-0.3, -0.25) is 19.4 Å². The van der Waals surface area contributed by atoms with Gasteiger partial charge in [-0.25, -0.2) is 8.42 Å². The Morgan fingerprint density at radius 2 is 2.19 bits per heavy atom. The third kappa shape index (κ3) is 4.51. The van der Waals surface area contributed by atoms with E-state index in [2.05, 4.69) is 20.4 Å². The zero-order chi connectivity index (χ0) is 19.4. The van der Waals surface area contributed by atoms with Gasteiger partial charge in [-0.1, -0.05) is 0 Å². The maximum atomic E-state index is 12.9. The summed E-state index contributed by atoms with van der Waals surface area (Å²) in [4.78, 5) is 20.8. The average molecular weight is 392 g/mol. The molecule has 0 saturated carbocycles. The second-order valence-electron chi connectivity index (χ2n) is 6.69. The molecule has 9 nitrogen and oxygen atoms in total. The minimum absolute atomic E-state index is 0.123. The van der Waals surface area contributed by atoms with E-state index in [9.17, 15) is 13.2 Å². The van der Waals surface area contributed by atoms with Crippen LogP contribution >= 0.6 is 0 Å². The molecule has 1 saturated heterocycles. The van der Waals surface area contributed by atoms with E-state index in [0.29, 0.717) is 38.0 Å². The van der Waals surface area contributed by atoms with Crippen molar-refractivity contribution in [1.29, 1.82) is 0 Å². The summed E-state index contributed by atoms with van der Waals surface area (Å²) in [5, 5.41) is 7.00. The van der Waals surface area contributed by atoms with Crippen molar-refractivity contribution in [2.45, 2.75) is 31.1 Å². The summed E-state index contributed by atoms with van der Waals surface area (Å²) >= 11 is 0. The molecule has 0 bridgehead atoms. The van der Waals surface area contributed by atoms with Crippen LogP contribution in [0.5, 0.6) is 0 Å². The minimum Gasteiger partial charge on any atom is -0.355 e. The molecular weight excluding hydrogens is 368 g/mol. The van der Waals surface area contributed by atoms with E-state index in [1.807, 2.05) is 0 Å². The second kappa shape index (κ2) is 8.13. The molecule has 0 spiro atoms. The van der Waals surface area contributed by atoms with Gasteiger partial charge in [-0.2, -0.15) is 9.40 Å². The zero-order valence-corrected chi connectivity index (χ0v) is 16.3. The standard InChI is InChI=1S/C17H24N6O3S/c1-13-16(12-22(2)21-13)27(25,26)23-9-3-4-14(11-23)17(24)20-6-5-15-10-18-7-8-19-15/h7-8,10,12,14H,3-6,9,11H2,1-2H3,(H,20,24)/t14-/m0/s1. The van der Waals surface area contributed by atoms with Gasteiger partial charge in [-0.15, -0.1) is 0 Å². The SMILES string of the molecule is Cc1nn(C)cc1S(=O)(=O)N1CCC[C@H](C(=O)NCCc2cnccn2)C1. The number of amides is 1. The van der Waals surface area contributed by atoms with Gasteiger partial charge >= 0.3 is 0 Å². The third-order valence-electron chi connectivity index (χ3n) is 4.64. The Hall–Kier alpha value is -2.33. The molecule has 1 aliphatic rings. The van der Waals surface area contributed by atoms with Crippen molar-refractivity contribution in [2.24, 2.45) is 13.0 Å². The van der Waals surface area contributed by atoms with E-state index in [4.69, 9.17) is 0 Å². The summed E-state index contributed by atoms with van der Waals surface area (Å²) in [5.41, 5.74) is 1.27. The van der Waals surface area contributed by atoms with Crippen molar-refractivity contribution >= 4 is 15.9 Å². The molecule has 1 amide bonds.